The van der Waals surface area contributed by atoms with E-state index in [1.54, 1.807) is 12.1 Å². The maximum absolute atomic E-state index is 14.0. The molecule has 0 aliphatic carbocycles. The molecule has 0 atom stereocenters. The minimum atomic E-state index is -0.393. The lowest BCUT2D eigenvalue weighted by molar-refractivity contribution is 0.129. The highest BCUT2D eigenvalue weighted by atomic mass is 79.9. The van der Waals surface area contributed by atoms with Crippen LogP contribution in [-0.4, -0.2) is 26.4 Å². The fraction of sp³-hybridized carbons (Fsp3) is 0.478. The summed E-state index contributed by atoms with van der Waals surface area (Å²) in [5.74, 6) is 0.749. The Balaban J connectivity index is 1.94. The van der Waals surface area contributed by atoms with Gasteiger partial charge in [0, 0.05) is 25.3 Å². The maximum Gasteiger partial charge on any atom is 0.175 e. The summed E-state index contributed by atoms with van der Waals surface area (Å²) in [7, 11) is 0. The Bertz CT molecular complexity index is 771. The molecule has 0 spiro atoms. The number of nitrogens with one attached hydrogen (secondary N) is 1. The van der Waals surface area contributed by atoms with E-state index in [0.717, 1.165) is 49.1 Å². The predicted octanol–water partition coefficient (Wildman–Crippen LogP) is 6.52. The van der Waals surface area contributed by atoms with Crippen LogP contribution in [0.3, 0.4) is 0 Å². The fourth-order valence-corrected chi connectivity index (χ4v) is 3.64. The first-order chi connectivity index (χ1) is 14.6. The molecule has 0 fully saturated rings. The van der Waals surface area contributed by atoms with Gasteiger partial charge in [0.25, 0.3) is 0 Å². The van der Waals surface area contributed by atoms with Gasteiger partial charge in [-0.25, -0.2) is 4.39 Å². The molecule has 0 radical (unpaired) electrons. The van der Waals surface area contributed by atoms with Gasteiger partial charge >= 0.3 is 0 Å². The molecule has 2 aromatic carbocycles. The van der Waals surface area contributed by atoms with Crippen LogP contribution in [0.15, 0.2) is 34.8 Å². The molecule has 4 nitrogen and oxygen atoms in total. The van der Waals surface area contributed by atoms with E-state index in [-0.39, 0.29) is 6.61 Å². The van der Waals surface area contributed by atoms with Crippen molar-refractivity contribution in [1.29, 1.82) is 0 Å². The van der Waals surface area contributed by atoms with Gasteiger partial charge in [0.1, 0.15) is 12.4 Å². The third kappa shape index (κ3) is 8.06. The fourth-order valence-electron chi connectivity index (χ4n) is 2.82. The Hall–Kier alpha value is -1.34. The molecule has 0 aliphatic heterocycles. The van der Waals surface area contributed by atoms with E-state index in [9.17, 15) is 4.39 Å². The summed E-state index contributed by atoms with van der Waals surface area (Å²) in [6.45, 7) is 7.76. The number of halogens is 3. The Morgan fingerprint density at radius 2 is 1.90 bits per heavy atom. The predicted molar refractivity (Wildman–Crippen MR) is 123 cm³/mol. The molecule has 1 N–H and O–H groups in total. The van der Waals surface area contributed by atoms with E-state index in [1.807, 2.05) is 19.1 Å². The van der Waals surface area contributed by atoms with Gasteiger partial charge < -0.3 is 19.5 Å². The molecule has 0 bridgehead atoms. The lowest BCUT2D eigenvalue weighted by Crippen LogP contribution is -2.16. The first-order valence-corrected chi connectivity index (χ1v) is 11.5. The van der Waals surface area contributed by atoms with Crippen LogP contribution < -0.4 is 14.8 Å². The molecule has 0 aromatic heterocycles. The number of unbranched alkanes of at least 4 members (excludes halogenated alkanes) is 1. The quantitative estimate of drug-likeness (QED) is 0.299. The van der Waals surface area contributed by atoms with Gasteiger partial charge in [-0.15, -0.1) is 0 Å². The van der Waals surface area contributed by atoms with Crippen molar-refractivity contribution in [3.63, 3.8) is 0 Å². The lowest BCUT2D eigenvalue weighted by Gasteiger charge is -2.16. The van der Waals surface area contributed by atoms with Gasteiger partial charge in [0.15, 0.2) is 11.5 Å². The Labute approximate surface area is 192 Å². The van der Waals surface area contributed by atoms with Gasteiger partial charge in [-0.05, 0) is 72.1 Å². The van der Waals surface area contributed by atoms with Crippen LogP contribution in [-0.2, 0) is 17.9 Å². The molecule has 0 amide bonds. The van der Waals surface area contributed by atoms with Crippen LogP contribution in [0.4, 0.5) is 4.39 Å². The number of ether oxygens (including phenoxy) is 3. The SMILES string of the molecule is CCCCOCCCNCc1cc(Br)c(OCc2c(F)cccc2Cl)c(OCC)c1. The van der Waals surface area contributed by atoms with E-state index >= 15 is 0 Å². The summed E-state index contributed by atoms with van der Waals surface area (Å²) in [6, 6.07) is 8.50. The molecule has 7 heteroatoms. The molecule has 0 saturated carbocycles. The standard InChI is InChI=1S/C23H30BrClFNO3/c1-3-5-11-28-12-7-10-27-15-17-13-19(24)23(22(14-17)29-4-2)30-16-18-20(25)8-6-9-21(18)26/h6,8-9,13-14,27H,3-5,7,10-12,15-16H2,1-2H3. The minimum absolute atomic E-state index is 0.0137. The van der Waals surface area contributed by atoms with Crippen molar-refractivity contribution in [2.24, 2.45) is 0 Å². The third-order valence-electron chi connectivity index (χ3n) is 4.41. The number of hydrogen-bond donors (Lipinski definition) is 1. The number of hydrogen-bond acceptors (Lipinski definition) is 4. The summed E-state index contributed by atoms with van der Waals surface area (Å²) in [5.41, 5.74) is 1.38. The molecule has 30 heavy (non-hydrogen) atoms. The number of rotatable bonds is 14. The Kier molecular flexibility index (Phi) is 11.5. The Morgan fingerprint density at radius 3 is 2.63 bits per heavy atom. The van der Waals surface area contributed by atoms with Gasteiger partial charge in [-0.3, -0.25) is 0 Å². The highest BCUT2D eigenvalue weighted by Gasteiger charge is 2.15. The average Bonchev–Trinajstić information content (AvgIpc) is 2.71. The molecule has 0 aliphatic rings. The van der Waals surface area contributed by atoms with Gasteiger partial charge in [-0.1, -0.05) is 31.0 Å². The lowest BCUT2D eigenvalue weighted by atomic mass is 10.2. The Morgan fingerprint density at radius 1 is 1.10 bits per heavy atom. The smallest absolute Gasteiger partial charge is 0.175 e. The number of benzene rings is 2. The van der Waals surface area contributed by atoms with Crippen LogP contribution in [0.5, 0.6) is 11.5 Å². The van der Waals surface area contributed by atoms with E-state index in [2.05, 4.69) is 28.2 Å². The summed E-state index contributed by atoms with van der Waals surface area (Å²) in [6.07, 6.45) is 3.23. The van der Waals surface area contributed by atoms with Crippen LogP contribution in [0.2, 0.25) is 5.02 Å². The van der Waals surface area contributed by atoms with Crippen molar-refractivity contribution in [2.75, 3.05) is 26.4 Å². The zero-order chi connectivity index (χ0) is 21.8. The zero-order valence-corrected chi connectivity index (χ0v) is 20.0. The van der Waals surface area contributed by atoms with Crippen LogP contribution >= 0.6 is 27.5 Å². The zero-order valence-electron chi connectivity index (χ0n) is 17.6. The second kappa shape index (κ2) is 13.9. The van der Waals surface area contributed by atoms with Gasteiger partial charge in [0.05, 0.1) is 16.1 Å². The second-order valence-corrected chi connectivity index (χ2v) is 8.08. The normalized spacial score (nSPS) is 11.0. The molecule has 166 valence electrons. The van der Waals surface area contributed by atoms with Crippen molar-refractivity contribution in [3.8, 4) is 11.5 Å². The van der Waals surface area contributed by atoms with Crippen molar-refractivity contribution >= 4 is 27.5 Å². The maximum atomic E-state index is 14.0. The molecule has 0 unspecified atom stereocenters. The molecular weight excluding hydrogens is 473 g/mol. The summed E-state index contributed by atoms with van der Waals surface area (Å²) in [5, 5.41) is 3.75. The summed E-state index contributed by atoms with van der Waals surface area (Å²) in [4.78, 5) is 0. The van der Waals surface area contributed by atoms with Gasteiger partial charge in [-0.2, -0.15) is 0 Å². The largest absolute Gasteiger partial charge is 0.490 e. The summed E-state index contributed by atoms with van der Waals surface area (Å²) < 4.78 is 32.0. The van der Waals surface area contributed by atoms with Crippen molar-refractivity contribution in [3.05, 3.63) is 56.8 Å². The van der Waals surface area contributed by atoms with Crippen molar-refractivity contribution in [1.82, 2.24) is 5.32 Å². The highest BCUT2D eigenvalue weighted by molar-refractivity contribution is 9.10. The van der Waals surface area contributed by atoms with E-state index < -0.39 is 5.82 Å². The topological polar surface area (TPSA) is 39.7 Å². The molecule has 2 rings (SSSR count). The van der Waals surface area contributed by atoms with Gasteiger partial charge in [0.2, 0.25) is 0 Å². The minimum Gasteiger partial charge on any atom is -0.490 e. The molecule has 0 saturated heterocycles. The molecule has 2 aromatic rings. The first-order valence-electron chi connectivity index (χ1n) is 10.4. The monoisotopic (exact) mass is 501 g/mol. The van der Waals surface area contributed by atoms with Crippen LogP contribution in [0.25, 0.3) is 0 Å². The third-order valence-corrected chi connectivity index (χ3v) is 5.35. The first kappa shape index (κ1) is 24.9. The molecule has 0 heterocycles. The molecular formula is C23H30BrClFNO3. The van der Waals surface area contributed by atoms with Crippen LogP contribution in [0, 0.1) is 5.82 Å². The highest BCUT2D eigenvalue weighted by Crippen LogP contribution is 2.38. The van der Waals surface area contributed by atoms with Crippen molar-refractivity contribution in [2.45, 2.75) is 46.3 Å². The second-order valence-electron chi connectivity index (χ2n) is 6.82. The summed E-state index contributed by atoms with van der Waals surface area (Å²) >= 11 is 9.66. The van der Waals surface area contributed by atoms with Crippen LogP contribution in [0.1, 0.15) is 44.2 Å². The van der Waals surface area contributed by atoms with E-state index in [0.29, 0.717) is 35.2 Å². The van der Waals surface area contributed by atoms with Crippen molar-refractivity contribution < 1.29 is 18.6 Å². The van der Waals surface area contributed by atoms with E-state index in [4.69, 9.17) is 25.8 Å². The average molecular weight is 503 g/mol. The van der Waals surface area contributed by atoms with E-state index in [1.165, 1.54) is 6.07 Å².